The number of rotatable bonds is 8. The molecule has 2 rings (SSSR count). The molecule has 0 spiro atoms. The third kappa shape index (κ3) is 8.89. The molecule has 0 unspecified atom stereocenters. The Hall–Kier alpha value is -2.49. The van der Waals surface area contributed by atoms with Gasteiger partial charge in [0, 0.05) is 37.4 Å². The number of nitrogens with zero attached hydrogens (tertiary/aromatic N) is 1. The first-order valence-corrected chi connectivity index (χ1v) is 9.83. The molecule has 30 heavy (non-hydrogen) atoms. The number of carbonyl (C=O) groups excluding carboxylic acids is 1. The van der Waals surface area contributed by atoms with Crippen molar-refractivity contribution in [2.24, 2.45) is 4.99 Å². The van der Waals surface area contributed by atoms with Gasteiger partial charge in [-0.1, -0.05) is 30.3 Å². The second kappa shape index (κ2) is 13.7. The molecular weight excluding hydrogens is 493 g/mol. The van der Waals surface area contributed by atoms with E-state index in [1.165, 1.54) is 0 Å². The van der Waals surface area contributed by atoms with Gasteiger partial charge in [0.25, 0.3) is 0 Å². The molecule has 2 aromatic rings. The number of halogens is 1. The van der Waals surface area contributed by atoms with Crippen LogP contribution >= 0.6 is 24.0 Å². The van der Waals surface area contributed by atoms with Crippen LogP contribution in [-0.2, 0) is 13.1 Å². The van der Waals surface area contributed by atoms with Gasteiger partial charge in [-0.15, -0.1) is 24.0 Å². The molecule has 7 nitrogen and oxygen atoms in total. The maximum absolute atomic E-state index is 11.7. The number of hydrogen-bond donors (Lipinski definition) is 4. The number of amides is 2. The molecular formula is C22H32IN5O2. The van der Waals surface area contributed by atoms with Gasteiger partial charge >= 0.3 is 6.03 Å². The first-order valence-electron chi connectivity index (χ1n) is 9.83. The summed E-state index contributed by atoms with van der Waals surface area (Å²) in [5.41, 5.74) is 2.91. The molecule has 0 aromatic heterocycles. The van der Waals surface area contributed by atoms with E-state index < -0.39 is 0 Å². The van der Waals surface area contributed by atoms with E-state index in [0.29, 0.717) is 25.7 Å². The standard InChI is InChI=1S/C22H31N5O2.HI/c1-5-29-20-9-7-6-8-18(20)15-25-21(23-4)24-14-17-10-12-19(13-11-17)27-22(28)26-16(2)3;/h6-13,16H,5,14-15H2,1-4H3,(H2,23,24,25)(H2,26,27,28);1H. The van der Waals surface area contributed by atoms with Crippen LogP contribution in [0.1, 0.15) is 31.9 Å². The summed E-state index contributed by atoms with van der Waals surface area (Å²) in [7, 11) is 1.74. The summed E-state index contributed by atoms with van der Waals surface area (Å²) in [5, 5.41) is 12.2. The quantitative estimate of drug-likeness (QED) is 0.238. The summed E-state index contributed by atoms with van der Waals surface area (Å²) in [5.74, 6) is 1.58. The minimum absolute atomic E-state index is 0. The highest BCUT2D eigenvalue weighted by atomic mass is 127. The molecule has 0 fully saturated rings. The van der Waals surface area contributed by atoms with Crippen molar-refractivity contribution < 1.29 is 9.53 Å². The summed E-state index contributed by atoms with van der Waals surface area (Å²) in [6.07, 6.45) is 0. The van der Waals surface area contributed by atoms with Gasteiger partial charge in [0.05, 0.1) is 6.61 Å². The normalized spacial score (nSPS) is 10.8. The Bertz CT molecular complexity index is 809. The molecule has 164 valence electrons. The minimum Gasteiger partial charge on any atom is -0.494 e. The highest BCUT2D eigenvalue weighted by Gasteiger charge is 2.05. The van der Waals surface area contributed by atoms with Gasteiger partial charge in [-0.25, -0.2) is 4.79 Å². The Labute approximate surface area is 196 Å². The lowest BCUT2D eigenvalue weighted by atomic mass is 10.2. The van der Waals surface area contributed by atoms with Crippen LogP contribution in [0.2, 0.25) is 0 Å². The van der Waals surface area contributed by atoms with E-state index in [2.05, 4.69) is 26.3 Å². The zero-order chi connectivity index (χ0) is 21.1. The van der Waals surface area contributed by atoms with E-state index in [4.69, 9.17) is 4.74 Å². The summed E-state index contributed by atoms with van der Waals surface area (Å²) >= 11 is 0. The first-order chi connectivity index (χ1) is 14.0. The largest absolute Gasteiger partial charge is 0.494 e. The number of para-hydroxylation sites is 1. The number of guanidine groups is 1. The number of nitrogens with one attached hydrogen (secondary N) is 4. The lowest BCUT2D eigenvalue weighted by Gasteiger charge is -2.14. The average Bonchev–Trinajstić information content (AvgIpc) is 2.70. The Morgan fingerprint density at radius 1 is 1.03 bits per heavy atom. The molecule has 0 radical (unpaired) electrons. The third-order valence-electron chi connectivity index (χ3n) is 4.03. The molecule has 8 heteroatoms. The third-order valence-corrected chi connectivity index (χ3v) is 4.03. The van der Waals surface area contributed by atoms with Crippen molar-refractivity contribution in [3.63, 3.8) is 0 Å². The SMILES string of the molecule is CCOc1ccccc1CNC(=NC)NCc1ccc(NC(=O)NC(C)C)cc1.I. The molecule has 0 aliphatic carbocycles. The molecule has 0 bridgehead atoms. The molecule has 0 saturated carbocycles. The first kappa shape index (κ1) is 25.5. The number of hydrogen-bond acceptors (Lipinski definition) is 3. The maximum Gasteiger partial charge on any atom is 0.319 e. The fourth-order valence-corrected chi connectivity index (χ4v) is 2.67. The Morgan fingerprint density at radius 3 is 2.33 bits per heavy atom. The van der Waals surface area contributed by atoms with Gasteiger partial charge in [0.1, 0.15) is 5.75 Å². The Balaban J connectivity index is 0.00000450. The smallest absolute Gasteiger partial charge is 0.319 e. The summed E-state index contributed by atoms with van der Waals surface area (Å²) in [6.45, 7) is 7.68. The van der Waals surface area contributed by atoms with Gasteiger partial charge in [-0.3, -0.25) is 4.99 Å². The highest BCUT2D eigenvalue weighted by molar-refractivity contribution is 14.0. The highest BCUT2D eigenvalue weighted by Crippen LogP contribution is 2.17. The predicted molar refractivity (Wildman–Crippen MR) is 134 cm³/mol. The van der Waals surface area contributed by atoms with Crippen molar-refractivity contribution >= 4 is 41.7 Å². The van der Waals surface area contributed by atoms with Crippen molar-refractivity contribution in [3.05, 3.63) is 59.7 Å². The number of urea groups is 1. The predicted octanol–water partition coefficient (Wildman–Crippen LogP) is 4.10. The van der Waals surface area contributed by atoms with Gasteiger partial charge in [-0.05, 0) is 44.5 Å². The monoisotopic (exact) mass is 525 g/mol. The maximum atomic E-state index is 11.7. The van der Waals surface area contributed by atoms with Crippen LogP contribution in [0.4, 0.5) is 10.5 Å². The molecule has 0 aliphatic rings. The van der Waals surface area contributed by atoms with Crippen LogP contribution in [0.15, 0.2) is 53.5 Å². The van der Waals surface area contributed by atoms with Crippen LogP contribution in [0.3, 0.4) is 0 Å². The summed E-state index contributed by atoms with van der Waals surface area (Å²) < 4.78 is 5.66. The van der Waals surface area contributed by atoms with Crippen molar-refractivity contribution in [2.45, 2.75) is 39.9 Å². The van der Waals surface area contributed by atoms with Crippen molar-refractivity contribution in [1.29, 1.82) is 0 Å². The minimum atomic E-state index is -0.206. The van der Waals surface area contributed by atoms with E-state index in [1.54, 1.807) is 7.05 Å². The zero-order valence-electron chi connectivity index (χ0n) is 18.0. The van der Waals surface area contributed by atoms with Gasteiger partial charge in [0.2, 0.25) is 0 Å². The van der Waals surface area contributed by atoms with Crippen molar-refractivity contribution in [1.82, 2.24) is 16.0 Å². The lowest BCUT2D eigenvalue weighted by Crippen LogP contribution is -2.36. The fourth-order valence-electron chi connectivity index (χ4n) is 2.67. The van der Waals surface area contributed by atoms with E-state index in [1.807, 2.05) is 69.3 Å². The second-order valence-corrected chi connectivity index (χ2v) is 6.77. The lowest BCUT2D eigenvalue weighted by molar-refractivity contribution is 0.250. The number of benzene rings is 2. The molecule has 0 heterocycles. The van der Waals surface area contributed by atoms with Gasteiger partial charge in [-0.2, -0.15) is 0 Å². The molecule has 2 amide bonds. The van der Waals surface area contributed by atoms with Crippen LogP contribution in [-0.4, -0.2) is 31.7 Å². The van der Waals surface area contributed by atoms with E-state index in [0.717, 1.165) is 22.6 Å². The van der Waals surface area contributed by atoms with Crippen LogP contribution < -0.4 is 26.0 Å². The summed E-state index contributed by atoms with van der Waals surface area (Å²) in [4.78, 5) is 16.0. The molecule has 0 aliphatic heterocycles. The summed E-state index contributed by atoms with van der Waals surface area (Å²) in [6, 6.07) is 15.5. The second-order valence-electron chi connectivity index (χ2n) is 6.77. The van der Waals surface area contributed by atoms with Gasteiger partial charge < -0.3 is 26.0 Å². The van der Waals surface area contributed by atoms with E-state index in [9.17, 15) is 4.79 Å². The average molecular weight is 525 g/mol. The molecule has 0 atom stereocenters. The van der Waals surface area contributed by atoms with Crippen LogP contribution in [0, 0.1) is 0 Å². The molecule has 2 aromatic carbocycles. The Morgan fingerprint density at radius 2 is 1.70 bits per heavy atom. The van der Waals surface area contributed by atoms with Crippen molar-refractivity contribution in [3.8, 4) is 5.75 Å². The number of carbonyl (C=O) groups is 1. The fraction of sp³-hybridized carbons (Fsp3) is 0.364. The molecule has 4 N–H and O–H groups in total. The van der Waals surface area contributed by atoms with Gasteiger partial charge in [0.15, 0.2) is 5.96 Å². The molecule has 0 saturated heterocycles. The topological polar surface area (TPSA) is 86.8 Å². The van der Waals surface area contributed by atoms with Crippen LogP contribution in [0.5, 0.6) is 5.75 Å². The van der Waals surface area contributed by atoms with E-state index in [-0.39, 0.29) is 36.0 Å². The van der Waals surface area contributed by atoms with Crippen molar-refractivity contribution in [2.75, 3.05) is 19.0 Å². The number of ether oxygens (including phenoxy) is 1. The number of aliphatic imine (C=N–C) groups is 1. The Kier molecular flexibility index (Phi) is 11.7. The van der Waals surface area contributed by atoms with Crippen LogP contribution in [0.25, 0.3) is 0 Å². The number of anilines is 1. The van der Waals surface area contributed by atoms with E-state index >= 15 is 0 Å². The zero-order valence-corrected chi connectivity index (χ0v) is 20.3.